The summed E-state index contributed by atoms with van der Waals surface area (Å²) in [5, 5.41) is 2.92. The minimum atomic E-state index is -0.484. The van der Waals surface area contributed by atoms with Crippen LogP contribution in [0.5, 0.6) is 0 Å². The van der Waals surface area contributed by atoms with Crippen molar-refractivity contribution in [1.82, 2.24) is 0 Å². The molecule has 1 aromatic carbocycles. The highest BCUT2D eigenvalue weighted by molar-refractivity contribution is 6.06. The molecule has 1 amide bonds. The maximum absolute atomic E-state index is 12.4. The molecule has 0 aliphatic carbocycles. The van der Waals surface area contributed by atoms with Gasteiger partial charge in [-0.1, -0.05) is 34.1 Å². The number of anilines is 1. The predicted molar refractivity (Wildman–Crippen MR) is 87.9 cm³/mol. The highest BCUT2D eigenvalue weighted by Gasteiger charge is 2.23. The molecule has 0 radical (unpaired) electrons. The average molecular weight is 289 g/mol. The molecule has 3 nitrogen and oxygen atoms in total. The van der Waals surface area contributed by atoms with Gasteiger partial charge in [0.25, 0.3) is 0 Å². The average Bonchev–Trinajstić information content (AvgIpc) is 2.38. The van der Waals surface area contributed by atoms with Crippen molar-refractivity contribution in [1.29, 1.82) is 0 Å². The van der Waals surface area contributed by atoms with Gasteiger partial charge in [0.2, 0.25) is 5.91 Å². The van der Waals surface area contributed by atoms with Gasteiger partial charge in [0.05, 0.1) is 5.69 Å². The highest BCUT2D eigenvalue weighted by Crippen LogP contribution is 2.25. The second-order valence-electron chi connectivity index (χ2n) is 6.71. The molecule has 0 aliphatic rings. The fourth-order valence-corrected chi connectivity index (χ4v) is 1.93. The third-order valence-corrected chi connectivity index (χ3v) is 3.62. The van der Waals surface area contributed by atoms with Crippen molar-refractivity contribution < 1.29 is 9.59 Å². The van der Waals surface area contributed by atoms with Crippen LogP contribution >= 0.6 is 0 Å². The van der Waals surface area contributed by atoms with E-state index in [4.69, 9.17) is 0 Å². The molecule has 0 saturated carbocycles. The highest BCUT2D eigenvalue weighted by atomic mass is 16.2. The summed E-state index contributed by atoms with van der Waals surface area (Å²) in [5.74, 6) is 0.0273. The number of carbonyl (C=O) groups excluding carboxylic acids is 2. The fourth-order valence-electron chi connectivity index (χ4n) is 1.93. The largest absolute Gasteiger partial charge is 0.325 e. The van der Waals surface area contributed by atoms with Crippen LogP contribution in [0.25, 0.3) is 0 Å². The summed E-state index contributed by atoms with van der Waals surface area (Å²) < 4.78 is 0. The zero-order valence-electron chi connectivity index (χ0n) is 14.1. The SMILES string of the molecule is CCCCC(=O)c1cc(C)c(C)cc1NC(=O)C(C)(C)C. The van der Waals surface area contributed by atoms with E-state index in [0.29, 0.717) is 17.7 Å². The fraction of sp³-hybridized carbons (Fsp3) is 0.556. The summed E-state index contributed by atoms with van der Waals surface area (Å²) in [6.45, 7) is 11.6. The van der Waals surface area contributed by atoms with Gasteiger partial charge in [-0.05, 0) is 43.5 Å². The van der Waals surface area contributed by atoms with Gasteiger partial charge in [0.15, 0.2) is 5.78 Å². The van der Waals surface area contributed by atoms with Crippen molar-refractivity contribution in [2.24, 2.45) is 5.41 Å². The van der Waals surface area contributed by atoms with Gasteiger partial charge in [-0.25, -0.2) is 0 Å². The summed E-state index contributed by atoms with van der Waals surface area (Å²) in [6, 6.07) is 3.80. The van der Waals surface area contributed by atoms with Crippen LogP contribution in [0.15, 0.2) is 12.1 Å². The van der Waals surface area contributed by atoms with Crippen molar-refractivity contribution in [2.75, 3.05) is 5.32 Å². The molecule has 1 N–H and O–H groups in total. The first-order chi connectivity index (χ1) is 9.66. The molecule has 0 fully saturated rings. The van der Waals surface area contributed by atoms with Gasteiger partial charge < -0.3 is 5.32 Å². The van der Waals surface area contributed by atoms with Crippen LogP contribution < -0.4 is 5.32 Å². The van der Waals surface area contributed by atoms with Gasteiger partial charge in [-0.2, -0.15) is 0 Å². The molecule has 1 rings (SSSR count). The van der Waals surface area contributed by atoms with E-state index in [0.717, 1.165) is 24.0 Å². The molecule has 116 valence electrons. The molecule has 3 heteroatoms. The minimum Gasteiger partial charge on any atom is -0.325 e. The second-order valence-corrected chi connectivity index (χ2v) is 6.71. The minimum absolute atomic E-state index is 0.0738. The number of ketones is 1. The van der Waals surface area contributed by atoms with E-state index in [1.165, 1.54) is 0 Å². The van der Waals surface area contributed by atoms with Crippen molar-refractivity contribution in [2.45, 2.75) is 60.8 Å². The number of nitrogens with one attached hydrogen (secondary N) is 1. The Balaban J connectivity index is 3.14. The third-order valence-electron chi connectivity index (χ3n) is 3.62. The second kappa shape index (κ2) is 6.88. The van der Waals surface area contributed by atoms with Crippen LogP contribution in [-0.4, -0.2) is 11.7 Å². The Morgan fingerprint density at radius 3 is 2.19 bits per heavy atom. The van der Waals surface area contributed by atoms with E-state index < -0.39 is 5.41 Å². The molecule has 0 unspecified atom stereocenters. The van der Waals surface area contributed by atoms with Crippen molar-refractivity contribution in [3.8, 4) is 0 Å². The summed E-state index contributed by atoms with van der Waals surface area (Å²) in [4.78, 5) is 24.6. The maximum atomic E-state index is 12.4. The smallest absolute Gasteiger partial charge is 0.229 e. The topological polar surface area (TPSA) is 46.2 Å². The number of rotatable bonds is 5. The summed E-state index contributed by atoms with van der Waals surface area (Å²) in [6.07, 6.45) is 2.38. The van der Waals surface area contributed by atoms with E-state index in [9.17, 15) is 9.59 Å². The number of amides is 1. The molecule has 0 bridgehead atoms. The maximum Gasteiger partial charge on any atom is 0.229 e. The van der Waals surface area contributed by atoms with Gasteiger partial charge in [-0.3, -0.25) is 9.59 Å². The normalized spacial score (nSPS) is 11.3. The molecule has 0 heterocycles. The lowest BCUT2D eigenvalue weighted by molar-refractivity contribution is -0.123. The number of unbranched alkanes of at least 4 members (excludes halogenated alkanes) is 1. The Morgan fingerprint density at radius 1 is 1.10 bits per heavy atom. The van der Waals surface area contributed by atoms with Crippen LogP contribution in [0, 0.1) is 19.3 Å². The number of carbonyl (C=O) groups is 2. The van der Waals surface area contributed by atoms with Crippen LogP contribution in [0.2, 0.25) is 0 Å². The molecule has 0 spiro atoms. The number of Topliss-reactive ketones (excluding diaryl/α,β-unsaturated/α-hetero) is 1. The quantitative estimate of drug-likeness (QED) is 0.801. The van der Waals surface area contributed by atoms with E-state index in [-0.39, 0.29) is 11.7 Å². The number of aryl methyl sites for hydroxylation is 2. The lowest BCUT2D eigenvalue weighted by Crippen LogP contribution is -2.28. The van der Waals surface area contributed by atoms with Crippen molar-refractivity contribution >= 4 is 17.4 Å². The Kier molecular flexibility index (Phi) is 5.70. The van der Waals surface area contributed by atoms with E-state index in [2.05, 4.69) is 12.2 Å². The van der Waals surface area contributed by atoms with Crippen LogP contribution in [0.1, 0.15) is 68.4 Å². The Bertz CT molecular complexity index is 539. The summed E-state index contributed by atoms with van der Waals surface area (Å²) >= 11 is 0. The Morgan fingerprint density at radius 2 is 1.67 bits per heavy atom. The zero-order chi connectivity index (χ0) is 16.2. The monoisotopic (exact) mass is 289 g/mol. The molecular formula is C18H27NO2. The number of hydrogen-bond acceptors (Lipinski definition) is 2. The number of hydrogen-bond donors (Lipinski definition) is 1. The van der Waals surface area contributed by atoms with Crippen molar-refractivity contribution in [3.05, 3.63) is 28.8 Å². The molecular weight excluding hydrogens is 262 g/mol. The van der Waals surface area contributed by atoms with Gasteiger partial charge in [-0.15, -0.1) is 0 Å². The van der Waals surface area contributed by atoms with Gasteiger partial charge in [0.1, 0.15) is 0 Å². The standard InChI is InChI=1S/C18H27NO2/c1-7-8-9-16(20)14-10-12(2)13(3)11-15(14)19-17(21)18(4,5)6/h10-11H,7-9H2,1-6H3,(H,19,21). The van der Waals surface area contributed by atoms with E-state index >= 15 is 0 Å². The van der Waals surface area contributed by atoms with Crippen molar-refractivity contribution in [3.63, 3.8) is 0 Å². The first kappa shape index (κ1) is 17.4. The Labute approximate surface area is 128 Å². The lowest BCUT2D eigenvalue weighted by atomic mass is 9.94. The van der Waals surface area contributed by atoms with Crippen LogP contribution in [0.4, 0.5) is 5.69 Å². The lowest BCUT2D eigenvalue weighted by Gasteiger charge is -2.20. The Hall–Kier alpha value is -1.64. The van der Waals surface area contributed by atoms with Gasteiger partial charge >= 0.3 is 0 Å². The summed E-state index contributed by atoms with van der Waals surface area (Å²) in [7, 11) is 0. The van der Waals surface area contributed by atoms with Gasteiger partial charge in [0, 0.05) is 17.4 Å². The van der Waals surface area contributed by atoms with E-state index in [1.54, 1.807) is 0 Å². The molecule has 0 aliphatic heterocycles. The van der Waals surface area contributed by atoms with E-state index in [1.807, 2.05) is 46.8 Å². The first-order valence-electron chi connectivity index (χ1n) is 7.62. The van der Waals surface area contributed by atoms with Crippen LogP contribution in [0.3, 0.4) is 0 Å². The zero-order valence-corrected chi connectivity index (χ0v) is 14.1. The number of benzene rings is 1. The molecule has 0 atom stereocenters. The molecule has 0 saturated heterocycles. The predicted octanol–water partition coefficient (Wildman–Crippen LogP) is 4.66. The molecule has 21 heavy (non-hydrogen) atoms. The summed E-state index contributed by atoms with van der Waals surface area (Å²) in [5.41, 5.74) is 2.93. The first-order valence-corrected chi connectivity index (χ1v) is 7.62. The molecule has 1 aromatic rings. The third kappa shape index (κ3) is 4.69. The molecule has 0 aromatic heterocycles. The van der Waals surface area contributed by atoms with Crippen LogP contribution in [-0.2, 0) is 4.79 Å².